The summed E-state index contributed by atoms with van der Waals surface area (Å²) in [6.07, 6.45) is 0. The van der Waals surface area contributed by atoms with Crippen molar-refractivity contribution in [1.29, 1.82) is 0 Å². The van der Waals surface area contributed by atoms with E-state index in [-0.39, 0.29) is 90.1 Å². The molecule has 0 saturated carbocycles. The molecule has 96 valence electrons. The van der Waals surface area contributed by atoms with Crippen molar-refractivity contribution < 1.29 is 63.3 Å². The minimum atomic E-state index is -4.64. The van der Waals surface area contributed by atoms with Gasteiger partial charge in [0, 0.05) is 0 Å². The van der Waals surface area contributed by atoms with E-state index in [9.17, 15) is 0 Å². The Morgan fingerprint density at radius 3 is 0.643 bits per heavy atom. The summed E-state index contributed by atoms with van der Waals surface area (Å²) >= 11 is 0. The van der Waals surface area contributed by atoms with Crippen LogP contribution < -0.4 is 0 Å². The largest absolute Gasteiger partial charge is 2.00 e. The summed E-state index contributed by atoms with van der Waals surface area (Å²) in [6, 6.07) is 0. The molecule has 0 aromatic heterocycles. The first kappa shape index (κ1) is 110. The molecule has 0 aromatic rings. The van der Waals surface area contributed by atoms with E-state index >= 15 is 0 Å². The summed E-state index contributed by atoms with van der Waals surface area (Å²) in [5.74, 6) is 0. The smallest absolute Gasteiger partial charge is 1.00 e. The van der Waals surface area contributed by atoms with Gasteiger partial charge >= 0.3 is 53.9 Å². The second-order valence-electron chi connectivity index (χ2n) is 0.513. The molecule has 0 aliphatic rings. The normalized spacial score (nSPS) is 4.21. The summed E-state index contributed by atoms with van der Waals surface area (Å²) in [4.78, 5) is 21.6. The summed E-state index contributed by atoms with van der Waals surface area (Å²) in [6.45, 7) is 0. The average Bonchev–Trinajstić information content (AvgIpc) is 0.722. The van der Waals surface area contributed by atoms with Gasteiger partial charge in [-0.1, -0.05) is 0 Å². The van der Waals surface area contributed by atoms with E-state index in [1.165, 1.54) is 0 Å². The van der Waals surface area contributed by atoms with Crippen molar-refractivity contribution in [3.05, 3.63) is 0 Å². The maximum absolute atomic E-state index is 8.88. The van der Waals surface area contributed by atoms with Crippen LogP contribution in [0.4, 0.5) is 0 Å². The Bertz CT molecular complexity index is 73.2. The van der Waals surface area contributed by atoms with E-state index in [1.807, 2.05) is 0 Å². The first-order chi connectivity index (χ1) is 2.00. The molecule has 0 aromatic carbocycles. The van der Waals surface area contributed by atoms with Gasteiger partial charge in [-0.3, -0.25) is 0 Å². The molecule has 0 atom stereocenters. The Morgan fingerprint density at radius 1 is 0.643 bits per heavy atom. The van der Waals surface area contributed by atoms with Crippen LogP contribution in [0.1, 0.15) is 5.71 Å². The first-order valence-corrected chi connectivity index (χ1v) is 2.35. The Morgan fingerprint density at radius 2 is 0.643 bits per heavy atom. The molecular formula is H21Mg2O11P. The molecule has 11 nitrogen and oxygen atoms in total. The number of rotatable bonds is 0. The van der Waals surface area contributed by atoms with Crippen molar-refractivity contribution in [3.8, 4) is 0 Å². The number of phosphoric acid groups is 1. The Labute approximate surface area is 117 Å². The maximum Gasteiger partial charge on any atom is 2.00 e. The molecule has 0 rings (SSSR count). The zero-order valence-corrected chi connectivity index (χ0v) is 10.8. The second kappa shape index (κ2) is 47.3. The zero-order chi connectivity index (χ0) is 4.50. The van der Waals surface area contributed by atoms with Gasteiger partial charge in [-0.05, 0) is 0 Å². The molecule has 14 heavy (non-hydrogen) atoms. The van der Waals surface area contributed by atoms with Gasteiger partial charge in [-0.2, -0.15) is 0 Å². The van der Waals surface area contributed by atoms with Crippen LogP contribution in [0.15, 0.2) is 0 Å². The fourth-order valence-electron chi connectivity index (χ4n) is 0. The van der Waals surface area contributed by atoms with Gasteiger partial charge in [0.2, 0.25) is 0 Å². The number of hydrogen-bond donors (Lipinski definition) is 3. The standard InChI is InChI=1S/2Mg.H3O4P.7H2O.4H/c;;1-5(2,3)4;;;;;;;;;;;/h;;(H3,1,2,3,4);7*1H2;;;;/q2*+2;;;;;;;;;4*-1. The van der Waals surface area contributed by atoms with Gasteiger partial charge in [0.25, 0.3) is 0 Å². The zero-order valence-electron chi connectivity index (χ0n) is 11.1. The predicted octanol–water partition coefficient (Wildman–Crippen LogP) is -7.01. The number of hydrogen-bond acceptors (Lipinski definition) is 1. The molecule has 0 aliphatic heterocycles. The molecule has 0 amide bonds. The quantitative estimate of drug-likeness (QED) is 0.286. The third kappa shape index (κ3) is 1100. The van der Waals surface area contributed by atoms with Gasteiger partial charge in [-0.25, -0.2) is 4.57 Å². The molecule has 0 aliphatic carbocycles. The van der Waals surface area contributed by atoms with Crippen molar-refractivity contribution in [3.63, 3.8) is 0 Å². The van der Waals surface area contributed by atoms with Gasteiger partial charge in [0.05, 0.1) is 0 Å². The van der Waals surface area contributed by atoms with E-state index in [0.717, 1.165) is 0 Å². The van der Waals surface area contributed by atoms with E-state index < -0.39 is 7.82 Å². The van der Waals surface area contributed by atoms with Crippen molar-refractivity contribution >= 4 is 53.9 Å². The van der Waals surface area contributed by atoms with Crippen molar-refractivity contribution in [2.75, 3.05) is 0 Å². The van der Waals surface area contributed by atoms with Gasteiger partial charge in [0.1, 0.15) is 0 Å². The van der Waals surface area contributed by atoms with Crippen molar-refractivity contribution in [1.82, 2.24) is 0 Å². The molecule has 0 heterocycles. The second-order valence-corrected chi connectivity index (χ2v) is 1.54. The minimum absolute atomic E-state index is 0. The molecule has 0 unspecified atom stereocenters. The van der Waals surface area contributed by atoms with E-state index in [1.54, 1.807) is 0 Å². The topological polar surface area (TPSA) is 298 Å². The molecular weight excluding hydrogens is 256 g/mol. The molecule has 0 spiro atoms. The monoisotopic (exact) mass is 276 g/mol. The van der Waals surface area contributed by atoms with E-state index in [4.69, 9.17) is 19.2 Å². The molecule has 0 bridgehead atoms. The molecule has 0 radical (unpaired) electrons. The fraction of sp³-hybridized carbons (Fsp3) is 0. The van der Waals surface area contributed by atoms with E-state index in [2.05, 4.69) is 0 Å². The van der Waals surface area contributed by atoms with Gasteiger partial charge < -0.3 is 58.7 Å². The van der Waals surface area contributed by atoms with Crippen LogP contribution in [-0.4, -0.2) is 99.1 Å². The molecule has 0 fully saturated rings. The van der Waals surface area contributed by atoms with Crippen LogP contribution in [-0.2, 0) is 4.57 Å². The summed E-state index contributed by atoms with van der Waals surface area (Å²) in [7, 11) is -4.64. The van der Waals surface area contributed by atoms with Crippen molar-refractivity contribution in [2.24, 2.45) is 0 Å². The van der Waals surface area contributed by atoms with E-state index in [0.29, 0.717) is 0 Å². The molecule has 17 N–H and O–H groups in total. The van der Waals surface area contributed by atoms with Crippen molar-refractivity contribution in [2.45, 2.75) is 0 Å². The average molecular weight is 277 g/mol. The first-order valence-electron chi connectivity index (χ1n) is 0.783. The summed E-state index contributed by atoms with van der Waals surface area (Å²) in [5, 5.41) is 0. The summed E-state index contributed by atoms with van der Waals surface area (Å²) in [5.41, 5.74) is 0. The van der Waals surface area contributed by atoms with Gasteiger partial charge in [-0.15, -0.1) is 0 Å². The van der Waals surface area contributed by atoms with Crippen LogP contribution >= 0.6 is 7.82 Å². The third-order valence-corrected chi connectivity index (χ3v) is 0. The molecule has 0 saturated heterocycles. The Balaban J connectivity index is -0.00000000103. The SMILES string of the molecule is O.O.O.O.O.O.O.O=P(O)(O)O.[H-].[H-].[H-].[H-].[Mg+2].[Mg+2]. The van der Waals surface area contributed by atoms with Crippen LogP contribution in [0.2, 0.25) is 0 Å². The predicted molar refractivity (Wildman–Crippen MR) is 55.5 cm³/mol. The van der Waals surface area contributed by atoms with Gasteiger partial charge in [0.15, 0.2) is 0 Å². The summed E-state index contributed by atoms with van der Waals surface area (Å²) < 4.78 is 8.88. The fourth-order valence-corrected chi connectivity index (χ4v) is 0. The third-order valence-electron chi connectivity index (χ3n) is 0. The maximum atomic E-state index is 8.88. The van der Waals surface area contributed by atoms with Crippen LogP contribution in [0.3, 0.4) is 0 Å². The van der Waals surface area contributed by atoms with Crippen LogP contribution in [0.25, 0.3) is 0 Å². The Hall–Kier alpha value is 1.36. The minimum Gasteiger partial charge on any atom is -1.00 e. The van der Waals surface area contributed by atoms with Crippen LogP contribution in [0.5, 0.6) is 0 Å². The van der Waals surface area contributed by atoms with Crippen LogP contribution in [0, 0.1) is 0 Å². The Kier molecular flexibility index (Phi) is 372. The molecule has 14 heteroatoms.